The number of ether oxygens (including phenoxy) is 1. The Hall–Kier alpha value is -0.770. The van der Waals surface area contributed by atoms with Crippen LogP contribution in [0, 0.1) is 5.92 Å². The number of hydrogen-bond donors (Lipinski definition) is 2. The van der Waals surface area contributed by atoms with E-state index in [4.69, 9.17) is 4.74 Å². The molecule has 0 spiro atoms. The molecule has 0 saturated heterocycles. The maximum Gasteiger partial charge on any atom is 0.190 e. The van der Waals surface area contributed by atoms with Gasteiger partial charge in [0.1, 0.15) is 0 Å². The van der Waals surface area contributed by atoms with Crippen LogP contribution < -0.4 is 10.6 Å². The lowest BCUT2D eigenvalue weighted by Crippen LogP contribution is -2.38. The first-order valence-electron chi connectivity index (χ1n) is 7.73. The molecule has 0 atom stereocenters. The average molecular weight is 271 g/mol. The van der Waals surface area contributed by atoms with Crippen LogP contribution in [0.5, 0.6) is 0 Å². The molecule has 4 nitrogen and oxygen atoms in total. The summed E-state index contributed by atoms with van der Waals surface area (Å²) in [4.78, 5) is 4.21. The van der Waals surface area contributed by atoms with Gasteiger partial charge >= 0.3 is 0 Å². The van der Waals surface area contributed by atoms with E-state index in [1.807, 2.05) is 7.05 Å². The van der Waals surface area contributed by atoms with E-state index in [2.05, 4.69) is 36.4 Å². The molecule has 0 aliphatic rings. The van der Waals surface area contributed by atoms with Crippen LogP contribution in [-0.2, 0) is 4.74 Å². The van der Waals surface area contributed by atoms with Crippen LogP contribution in [0.2, 0.25) is 0 Å². The Morgan fingerprint density at radius 1 is 1.05 bits per heavy atom. The van der Waals surface area contributed by atoms with Gasteiger partial charge in [0.25, 0.3) is 0 Å². The Morgan fingerprint density at radius 2 is 1.74 bits per heavy atom. The smallest absolute Gasteiger partial charge is 0.190 e. The highest BCUT2D eigenvalue weighted by Crippen LogP contribution is 1.96. The molecule has 2 N–H and O–H groups in total. The van der Waals surface area contributed by atoms with Crippen molar-refractivity contribution in [3.8, 4) is 0 Å². The minimum atomic E-state index is 0.616. The van der Waals surface area contributed by atoms with Gasteiger partial charge in [0.05, 0.1) is 0 Å². The van der Waals surface area contributed by atoms with Crippen molar-refractivity contribution in [1.29, 1.82) is 0 Å². The standard InChI is InChI=1S/C15H33N3O/c1-5-6-7-8-10-17-15(16-4)18-11-9-12-19-13-14(2)3/h14H,5-13H2,1-4H3,(H2,16,17,18). The van der Waals surface area contributed by atoms with Gasteiger partial charge in [-0.1, -0.05) is 40.0 Å². The van der Waals surface area contributed by atoms with Crippen LogP contribution >= 0.6 is 0 Å². The fourth-order valence-corrected chi connectivity index (χ4v) is 1.68. The molecule has 19 heavy (non-hydrogen) atoms. The number of guanidine groups is 1. The van der Waals surface area contributed by atoms with Crippen molar-refractivity contribution in [2.45, 2.75) is 52.9 Å². The zero-order valence-electron chi connectivity index (χ0n) is 13.3. The van der Waals surface area contributed by atoms with Crippen molar-refractivity contribution in [2.24, 2.45) is 10.9 Å². The third-order valence-corrected chi connectivity index (χ3v) is 2.76. The molecule has 4 heteroatoms. The molecule has 0 aromatic rings. The van der Waals surface area contributed by atoms with E-state index in [0.29, 0.717) is 5.92 Å². The van der Waals surface area contributed by atoms with Crippen LogP contribution in [0.3, 0.4) is 0 Å². The third kappa shape index (κ3) is 13.5. The van der Waals surface area contributed by atoms with E-state index < -0.39 is 0 Å². The lowest BCUT2D eigenvalue weighted by molar-refractivity contribution is 0.108. The first kappa shape index (κ1) is 18.2. The average Bonchev–Trinajstić information content (AvgIpc) is 2.39. The molecule has 0 heterocycles. The Kier molecular flexibility index (Phi) is 13.1. The summed E-state index contributed by atoms with van der Waals surface area (Å²) in [5, 5.41) is 6.64. The molecular weight excluding hydrogens is 238 g/mol. The molecule has 0 bridgehead atoms. The van der Waals surface area contributed by atoms with E-state index in [-0.39, 0.29) is 0 Å². The van der Waals surface area contributed by atoms with Gasteiger partial charge in [-0.15, -0.1) is 0 Å². The van der Waals surface area contributed by atoms with Crippen molar-refractivity contribution in [3.05, 3.63) is 0 Å². The number of hydrogen-bond acceptors (Lipinski definition) is 2. The quantitative estimate of drug-likeness (QED) is 0.345. The predicted octanol–water partition coefficient (Wildman–Crippen LogP) is 2.79. The van der Waals surface area contributed by atoms with E-state index in [9.17, 15) is 0 Å². The Bertz CT molecular complexity index is 217. The van der Waals surface area contributed by atoms with Gasteiger partial charge in [0.2, 0.25) is 0 Å². The molecule has 0 radical (unpaired) electrons. The first-order chi connectivity index (χ1) is 9.20. The van der Waals surface area contributed by atoms with Crippen LogP contribution in [-0.4, -0.2) is 39.3 Å². The summed E-state index contributed by atoms with van der Waals surface area (Å²) in [6, 6.07) is 0. The van der Waals surface area contributed by atoms with Crippen LogP contribution in [0.1, 0.15) is 52.9 Å². The van der Waals surface area contributed by atoms with E-state index in [1.54, 1.807) is 0 Å². The largest absolute Gasteiger partial charge is 0.381 e. The lowest BCUT2D eigenvalue weighted by atomic mass is 10.2. The summed E-state index contributed by atoms with van der Waals surface area (Å²) in [6.07, 6.45) is 6.13. The van der Waals surface area contributed by atoms with E-state index in [0.717, 1.165) is 38.7 Å². The van der Waals surface area contributed by atoms with Gasteiger partial charge in [-0.05, 0) is 18.8 Å². The summed E-state index contributed by atoms with van der Waals surface area (Å²) in [6.45, 7) is 10.2. The van der Waals surface area contributed by atoms with E-state index >= 15 is 0 Å². The van der Waals surface area contributed by atoms with Crippen molar-refractivity contribution in [3.63, 3.8) is 0 Å². The minimum Gasteiger partial charge on any atom is -0.381 e. The zero-order valence-corrected chi connectivity index (χ0v) is 13.3. The van der Waals surface area contributed by atoms with Gasteiger partial charge in [-0.25, -0.2) is 0 Å². The highest BCUT2D eigenvalue weighted by Gasteiger charge is 1.97. The summed E-state index contributed by atoms with van der Waals surface area (Å²) >= 11 is 0. The highest BCUT2D eigenvalue weighted by molar-refractivity contribution is 5.79. The van der Waals surface area contributed by atoms with Gasteiger partial charge < -0.3 is 15.4 Å². The number of unbranched alkanes of at least 4 members (excludes halogenated alkanes) is 3. The maximum absolute atomic E-state index is 5.54. The molecule has 114 valence electrons. The Balaban J connectivity index is 3.40. The summed E-state index contributed by atoms with van der Waals surface area (Å²) in [5.74, 6) is 1.52. The lowest BCUT2D eigenvalue weighted by Gasteiger charge is -2.12. The number of nitrogens with zero attached hydrogens (tertiary/aromatic N) is 1. The number of aliphatic imine (C=N–C) groups is 1. The van der Waals surface area contributed by atoms with Gasteiger partial charge in [-0.3, -0.25) is 4.99 Å². The third-order valence-electron chi connectivity index (χ3n) is 2.76. The Morgan fingerprint density at radius 3 is 2.32 bits per heavy atom. The fourth-order valence-electron chi connectivity index (χ4n) is 1.68. The SMILES string of the molecule is CCCCCCNC(=NC)NCCCOCC(C)C. The first-order valence-corrected chi connectivity index (χ1v) is 7.73. The molecule has 0 amide bonds. The second-order valence-corrected chi connectivity index (χ2v) is 5.31. The molecule has 0 aromatic carbocycles. The van der Waals surface area contributed by atoms with Crippen LogP contribution in [0.15, 0.2) is 4.99 Å². The topological polar surface area (TPSA) is 45.7 Å². The van der Waals surface area contributed by atoms with Crippen molar-refractivity contribution in [1.82, 2.24) is 10.6 Å². The molecule has 0 aliphatic carbocycles. The second-order valence-electron chi connectivity index (χ2n) is 5.31. The fraction of sp³-hybridized carbons (Fsp3) is 0.933. The normalized spacial score (nSPS) is 11.9. The monoisotopic (exact) mass is 271 g/mol. The number of rotatable bonds is 11. The molecule has 0 rings (SSSR count). The van der Waals surface area contributed by atoms with Crippen molar-refractivity contribution in [2.75, 3.05) is 33.4 Å². The second kappa shape index (κ2) is 13.7. The zero-order chi connectivity index (χ0) is 14.3. The molecule has 0 fully saturated rings. The Labute approximate surface area is 119 Å². The maximum atomic E-state index is 5.54. The highest BCUT2D eigenvalue weighted by atomic mass is 16.5. The van der Waals surface area contributed by atoms with Crippen LogP contribution in [0.4, 0.5) is 0 Å². The number of nitrogens with one attached hydrogen (secondary N) is 2. The van der Waals surface area contributed by atoms with Crippen molar-refractivity contribution < 1.29 is 4.74 Å². The van der Waals surface area contributed by atoms with Gasteiger partial charge in [-0.2, -0.15) is 0 Å². The summed E-state index contributed by atoms with van der Waals surface area (Å²) < 4.78 is 5.54. The minimum absolute atomic E-state index is 0.616. The molecule has 0 aliphatic heterocycles. The van der Waals surface area contributed by atoms with Gasteiger partial charge in [0.15, 0.2) is 5.96 Å². The summed E-state index contributed by atoms with van der Waals surface area (Å²) in [5.41, 5.74) is 0. The molecule has 0 saturated carbocycles. The van der Waals surface area contributed by atoms with Crippen molar-refractivity contribution >= 4 is 5.96 Å². The summed E-state index contributed by atoms with van der Waals surface area (Å²) in [7, 11) is 1.82. The van der Waals surface area contributed by atoms with Crippen LogP contribution in [0.25, 0.3) is 0 Å². The van der Waals surface area contributed by atoms with E-state index in [1.165, 1.54) is 25.7 Å². The molecule has 0 aromatic heterocycles. The molecule has 0 unspecified atom stereocenters. The van der Waals surface area contributed by atoms with Gasteiger partial charge in [0, 0.05) is 33.4 Å². The predicted molar refractivity (Wildman–Crippen MR) is 83.8 cm³/mol. The molecular formula is C15H33N3O.